The van der Waals surface area contributed by atoms with Crippen molar-refractivity contribution in [3.8, 4) is 0 Å². The van der Waals surface area contributed by atoms with Crippen molar-refractivity contribution in [2.75, 3.05) is 18.4 Å². The molecule has 2 heterocycles. The minimum atomic E-state index is 0.0920. The number of likely N-dealkylation sites (tertiary alicyclic amines) is 1. The van der Waals surface area contributed by atoms with E-state index in [0.717, 1.165) is 24.8 Å². The van der Waals surface area contributed by atoms with E-state index >= 15 is 0 Å². The highest BCUT2D eigenvalue weighted by molar-refractivity contribution is 9.09. The van der Waals surface area contributed by atoms with Gasteiger partial charge in [-0.05, 0) is 24.8 Å². The molecular weight excluding hydrogens is 258 g/mol. The first kappa shape index (κ1) is 10.7. The summed E-state index contributed by atoms with van der Waals surface area (Å²) in [6.07, 6.45) is 5.36. The SMILES string of the molecule is O=C(c1ccoc1)N1CCCC(CBr)C1. The van der Waals surface area contributed by atoms with Gasteiger partial charge in [-0.15, -0.1) is 0 Å². The summed E-state index contributed by atoms with van der Waals surface area (Å²) in [6.45, 7) is 1.72. The van der Waals surface area contributed by atoms with Gasteiger partial charge in [-0.1, -0.05) is 15.9 Å². The first-order valence-corrected chi connectivity index (χ1v) is 6.31. The highest BCUT2D eigenvalue weighted by Gasteiger charge is 2.24. The minimum Gasteiger partial charge on any atom is -0.472 e. The lowest BCUT2D eigenvalue weighted by Crippen LogP contribution is -2.40. The predicted molar refractivity (Wildman–Crippen MR) is 61.1 cm³/mol. The number of carbonyl (C=O) groups is 1. The molecule has 3 nitrogen and oxygen atoms in total. The van der Waals surface area contributed by atoms with E-state index in [-0.39, 0.29) is 5.91 Å². The lowest BCUT2D eigenvalue weighted by Gasteiger charge is -2.31. The number of nitrogens with zero attached hydrogens (tertiary/aromatic N) is 1. The van der Waals surface area contributed by atoms with Crippen LogP contribution in [0.1, 0.15) is 23.2 Å². The molecule has 0 radical (unpaired) electrons. The van der Waals surface area contributed by atoms with Gasteiger partial charge < -0.3 is 9.32 Å². The first-order chi connectivity index (χ1) is 7.31. The summed E-state index contributed by atoms with van der Waals surface area (Å²) < 4.78 is 4.92. The van der Waals surface area contributed by atoms with Gasteiger partial charge in [0.1, 0.15) is 6.26 Å². The highest BCUT2D eigenvalue weighted by Crippen LogP contribution is 2.20. The number of rotatable bonds is 2. The molecule has 4 heteroatoms. The molecule has 0 saturated carbocycles. The Kier molecular flexibility index (Phi) is 3.46. The van der Waals surface area contributed by atoms with Crippen LogP contribution < -0.4 is 0 Å². The maximum absolute atomic E-state index is 12.0. The van der Waals surface area contributed by atoms with E-state index < -0.39 is 0 Å². The van der Waals surface area contributed by atoms with Crippen molar-refractivity contribution in [3.05, 3.63) is 24.2 Å². The Balaban J connectivity index is 2.01. The first-order valence-electron chi connectivity index (χ1n) is 5.18. The van der Waals surface area contributed by atoms with Crippen molar-refractivity contribution >= 4 is 21.8 Å². The van der Waals surface area contributed by atoms with Crippen LogP contribution in [0.25, 0.3) is 0 Å². The van der Waals surface area contributed by atoms with E-state index in [2.05, 4.69) is 15.9 Å². The van der Waals surface area contributed by atoms with Crippen LogP contribution in [0.2, 0.25) is 0 Å². The van der Waals surface area contributed by atoms with Crippen molar-refractivity contribution < 1.29 is 9.21 Å². The molecular formula is C11H14BrNO2. The third-order valence-electron chi connectivity index (χ3n) is 2.79. The van der Waals surface area contributed by atoms with E-state index in [1.165, 1.54) is 12.7 Å². The summed E-state index contributed by atoms with van der Waals surface area (Å²) >= 11 is 3.48. The zero-order chi connectivity index (χ0) is 10.7. The molecule has 0 N–H and O–H groups in total. The molecule has 0 spiro atoms. The number of amides is 1. The van der Waals surface area contributed by atoms with Gasteiger partial charge in [-0.2, -0.15) is 0 Å². The van der Waals surface area contributed by atoms with Crippen LogP contribution in [0.5, 0.6) is 0 Å². The van der Waals surface area contributed by atoms with Crippen molar-refractivity contribution in [1.29, 1.82) is 0 Å². The number of carbonyl (C=O) groups excluding carboxylic acids is 1. The van der Waals surface area contributed by atoms with Crippen LogP contribution in [0.15, 0.2) is 23.0 Å². The normalized spacial score (nSPS) is 21.7. The topological polar surface area (TPSA) is 33.5 Å². The second-order valence-electron chi connectivity index (χ2n) is 3.93. The summed E-state index contributed by atoms with van der Waals surface area (Å²) in [4.78, 5) is 13.9. The molecule has 1 unspecified atom stereocenters. The molecule has 1 amide bonds. The lowest BCUT2D eigenvalue weighted by molar-refractivity contribution is 0.0685. The number of halogens is 1. The van der Waals surface area contributed by atoms with Crippen LogP contribution in [-0.4, -0.2) is 29.2 Å². The van der Waals surface area contributed by atoms with Crippen LogP contribution >= 0.6 is 15.9 Å². The second-order valence-corrected chi connectivity index (χ2v) is 4.57. The molecule has 1 fully saturated rings. The average molecular weight is 272 g/mol. The highest BCUT2D eigenvalue weighted by atomic mass is 79.9. The molecule has 1 aromatic heterocycles. The third kappa shape index (κ3) is 2.43. The second kappa shape index (κ2) is 4.84. The molecule has 82 valence electrons. The van der Waals surface area contributed by atoms with Crippen LogP contribution in [0, 0.1) is 5.92 Å². The molecule has 1 saturated heterocycles. The van der Waals surface area contributed by atoms with E-state index in [9.17, 15) is 4.79 Å². The number of hydrogen-bond donors (Lipinski definition) is 0. The van der Waals surface area contributed by atoms with Gasteiger partial charge in [0.2, 0.25) is 0 Å². The van der Waals surface area contributed by atoms with Gasteiger partial charge in [0.25, 0.3) is 5.91 Å². The summed E-state index contributed by atoms with van der Waals surface area (Å²) in [5, 5.41) is 0.974. The van der Waals surface area contributed by atoms with Gasteiger partial charge >= 0.3 is 0 Å². The van der Waals surface area contributed by atoms with Crippen molar-refractivity contribution in [3.63, 3.8) is 0 Å². The Bertz CT molecular complexity index is 323. The van der Waals surface area contributed by atoms with Crippen LogP contribution in [0.3, 0.4) is 0 Å². The maximum Gasteiger partial charge on any atom is 0.257 e. The smallest absolute Gasteiger partial charge is 0.257 e. The summed E-state index contributed by atoms with van der Waals surface area (Å²) in [5.41, 5.74) is 0.658. The van der Waals surface area contributed by atoms with Crippen molar-refractivity contribution in [2.24, 2.45) is 5.92 Å². The molecule has 0 aromatic carbocycles. The number of alkyl halides is 1. The van der Waals surface area contributed by atoms with Gasteiger partial charge in [-0.25, -0.2) is 0 Å². The molecule has 1 atom stereocenters. The average Bonchev–Trinajstić information content (AvgIpc) is 2.81. The minimum absolute atomic E-state index is 0.0920. The Hall–Kier alpha value is -0.770. The van der Waals surface area contributed by atoms with E-state index in [1.54, 1.807) is 12.3 Å². The summed E-state index contributed by atoms with van der Waals surface area (Å²) in [5.74, 6) is 0.684. The fourth-order valence-corrected chi connectivity index (χ4v) is 2.47. The summed E-state index contributed by atoms with van der Waals surface area (Å²) in [7, 11) is 0. The molecule has 15 heavy (non-hydrogen) atoms. The third-order valence-corrected chi connectivity index (χ3v) is 3.71. The van der Waals surface area contributed by atoms with Crippen LogP contribution in [-0.2, 0) is 0 Å². The largest absolute Gasteiger partial charge is 0.472 e. The number of piperidine rings is 1. The number of furan rings is 1. The van der Waals surface area contributed by atoms with E-state index in [1.807, 2.05) is 4.90 Å². The van der Waals surface area contributed by atoms with Crippen molar-refractivity contribution in [2.45, 2.75) is 12.8 Å². The monoisotopic (exact) mass is 271 g/mol. The zero-order valence-electron chi connectivity index (χ0n) is 8.49. The lowest BCUT2D eigenvalue weighted by atomic mass is 10.00. The van der Waals surface area contributed by atoms with Gasteiger partial charge in [0.05, 0.1) is 11.8 Å². The van der Waals surface area contributed by atoms with Gasteiger partial charge in [-0.3, -0.25) is 4.79 Å². The fourth-order valence-electron chi connectivity index (χ4n) is 1.94. The summed E-state index contributed by atoms with van der Waals surface area (Å²) in [6, 6.07) is 1.72. The number of hydrogen-bond acceptors (Lipinski definition) is 2. The van der Waals surface area contributed by atoms with Crippen LogP contribution in [0.4, 0.5) is 0 Å². The Morgan fingerprint density at radius 2 is 2.53 bits per heavy atom. The predicted octanol–water partition coefficient (Wildman–Crippen LogP) is 2.53. The molecule has 0 aliphatic carbocycles. The van der Waals surface area contributed by atoms with Gasteiger partial charge in [0.15, 0.2) is 0 Å². The van der Waals surface area contributed by atoms with E-state index in [4.69, 9.17) is 4.42 Å². The molecule has 1 aliphatic heterocycles. The van der Waals surface area contributed by atoms with E-state index in [0.29, 0.717) is 11.5 Å². The molecule has 1 aliphatic rings. The Labute approximate surface area is 97.6 Å². The molecule has 0 bridgehead atoms. The zero-order valence-corrected chi connectivity index (χ0v) is 10.1. The fraction of sp³-hybridized carbons (Fsp3) is 0.545. The quantitative estimate of drug-likeness (QED) is 0.775. The standard InChI is InChI=1S/C11H14BrNO2/c12-6-9-2-1-4-13(7-9)11(14)10-3-5-15-8-10/h3,5,8-9H,1-2,4,6-7H2. The Morgan fingerprint density at radius 1 is 1.67 bits per heavy atom. The van der Waals surface area contributed by atoms with Gasteiger partial charge in [0, 0.05) is 18.4 Å². The van der Waals surface area contributed by atoms with Crippen molar-refractivity contribution in [1.82, 2.24) is 4.90 Å². The molecule has 2 rings (SSSR count). The molecule has 1 aromatic rings. The Morgan fingerprint density at radius 3 is 3.20 bits per heavy atom. The maximum atomic E-state index is 12.0.